The molecule has 6 nitrogen and oxygen atoms in total. The molecule has 8 heteroatoms. The zero-order valence-corrected chi connectivity index (χ0v) is 14.8. The van der Waals surface area contributed by atoms with E-state index in [1.54, 1.807) is 0 Å². The Hall–Kier alpha value is -0.760. The van der Waals surface area contributed by atoms with E-state index in [9.17, 15) is 8.76 Å². The molecule has 2 fully saturated rings. The Kier molecular flexibility index (Phi) is 5.20. The summed E-state index contributed by atoms with van der Waals surface area (Å²) in [6.45, 7) is 4.16. The van der Waals surface area contributed by atoms with Crippen LogP contribution in [-0.2, 0) is 21.2 Å². The summed E-state index contributed by atoms with van der Waals surface area (Å²) in [5, 5.41) is 0.200. The van der Waals surface area contributed by atoms with Gasteiger partial charge in [-0.3, -0.25) is 0 Å². The minimum atomic E-state index is -1.86. The van der Waals surface area contributed by atoms with Crippen LogP contribution in [0.5, 0.6) is 0 Å². The molecular formula is C15H22ClN3O3S. The van der Waals surface area contributed by atoms with Crippen molar-refractivity contribution in [2.75, 3.05) is 30.4 Å². The first-order chi connectivity index (χ1) is 11.0. The summed E-state index contributed by atoms with van der Waals surface area (Å²) < 4.78 is 26.4. The summed E-state index contributed by atoms with van der Waals surface area (Å²) in [5.74, 6) is 0.990. The van der Waals surface area contributed by atoms with E-state index < -0.39 is 11.1 Å². The van der Waals surface area contributed by atoms with Crippen LogP contribution in [0.25, 0.3) is 0 Å². The van der Waals surface area contributed by atoms with Crippen molar-refractivity contribution in [3.8, 4) is 0 Å². The van der Waals surface area contributed by atoms with E-state index in [-0.39, 0.29) is 22.5 Å². The third-order valence-corrected chi connectivity index (χ3v) is 5.82. The molecule has 1 saturated carbocycles. The number of rotatable bonds is 4. The SMILES string of the molecule is C[C@H]1COCCN1c1cc(C2(CS(=O)O)CCCC2)nc(Cl)n1. The van der Waals surface area contributed by atoms with E-state index >= 15 is 0 Å². The maximum atomic E-state index is 11.5. The van der Waals surface area contributed by atoms with E-state index in [0.29, 0.717) is 13.2 Å². The molecule has 3 rings (SSSR count). The Balaban J connectivity index is 1.97. The first-order valence-electron chi connectivity index (χ1n) is 7.97. The lowest BCUT2D eigenvalue weighted by Gasteiger charge is -2.35. The smallest absolute Gasteiger partial charge is 0.224 e. The van der Waals surface area contributed by atoms with Gasteiger partial charge in [0.2, 0.25) is 5.28 Å². The van der Waals surface area contributed by atoms with Crippen LogP contribution < -0.4 is 4.90 Å². The molecule has 0 aromatic carbocycles. The normalized spacial score (nSPS) is 25.5. The summed E-state index contributed by atoms with van der Waals surface area (Å²) >= 11 is 4.32. The lowest BCUT2D eigenvalue weighted by Crippen LogP contribution is -2.44. The van der Waals surface area contributed by atoms with Crippen LogP contribution in [0.3, 0.4) is 0 Å². The third-order valence-electron chi connectivity index (χ3n) is 4.85. The second-order valence-electron chi connectivity index (χ2n) is 6.45. The Morgan fingerprint density at radius 3 is 2.87 bits per heavy atom. The van der Waals surface area contributed by atoms with Gasteiger partial charge in [0.05, 0.1) is 30.7 Å². The highest BCUT2D eigenvalue weighted by molar-refractivity contribution is 7.79. The first kappa shape index (κ1) is 17.1. The standard InChI is InChI=1S/C15H22ClN3O3S/c1-11-9-22-7-6-19(11)13-8-12(17-14(16)18-13)15(10-23(20)21)4-2-3-5-15/h8,11H,2-7,9-10H2,1H3,(H,20,21)/t11-/m0/s1. The minimum absolute atomic E-state index is 0.200. The zero-order chi connectivity index (χ0) is 16.4. The lowest BCUT2D eigenvalue weighted by molar-refractivity contribution is 0.0985. The van der Waals surface area contributed by atoms with E-state index in [1.807, 2.05) is 6.07 Å². The van der Waals surface area contributed by atoms with Gasteiger partial charge in [0, 0.05) is 18.0 Å². The van der Waals surface area contributed by atoms with Gasteiger partial charge in [0.15, 0.2) is 11.1 Å². The van der Waals surface area contributed by atoms with Crippen LogP contribution in [0.1, 0.15) is 38.3 Å². The fourth-order valence-corrected chi connectivity index (χ4v) is 4.74. The molecule has 128 valence electrons. The quantitative estimate of drug-likeness (QED) is 0.657. The van der Waals surface area contributed by atoms with Gasteiger partial charge in [-0.15, -0.1) is 0 Å². The maximum Gasteiger partial charge on any atom is 0.224 e. The van der Waals surface area contributed by atoms with Crippen molar-refractivity contribution < 1.29 is 13.5 Å². The number of hydrogen-bond acceptors (Lipinski definition) is 5. The molecule has 2 aliphatic rings. The van der Waals surface area contributed by atoms with Crippen LogP contribution in [0.4, 0.5) is 5.82 Å². The first-order valence-corrected chi connectivity index (χ1v) is 9.62. The summed E-state index contributed by atoms with van der Waals surface area (Å²) in [5.41, 5.74) is 0.433. The topological polar surface area (TPSA) is 75.5 Å². The Bertz CT molecular complexity index is 595. The van der Waals surface area contributed by atoms with Gasteiger partial charge in [-0.2, -0.15) is 0 Å². The van der Waals surface area contributed by atoms with Crippen LogP contribution in [0, 0.1) is 0 Å². The van der Waals surface area contributed by atoms with Crippen molar-refractivity contribution in [2.24, 2.45) is 0 Å². The Morgan fingerprint density at radius 1 is 1.48 bits per heavy atom. The third kappa shape index (κ3) is 3.68. The maximum absolute atomic E-state index is 11.5. The summed E-state index contributed by atoms with van der Waals surface area (Å²) in [4.78, 5) is 11.0. The van der Waals surface area contributed by atoms with E-state index in [4.69, 9.17) is 16.3 Å². The van der Waals surface area contributed by atoms with Crippen molar-refractivity contribution in [1.29, 1.82) is 0 Å². The number of hydrogen-bond donors (Lipinski definition) is 1. The van der Waals surface area contributed by atoms with Gasteiger partial charge in [-0.25, -0.2) is 14.2 Å². The number of ether oxygens (including phenoxy) is 1. The number of nitrogens with zero attached hydrogens (tertiary/aromatic N) is 3. The fourth-order valence-electron chi connectivity index (χ4n) is 3.65. The molecule has 0 spiro atoms. The number of anilines is 1. The molecule has 2 atom stereocenters. The summed E-state index contributed by atoms with van der Waals surface area (Å²) in [7, 11) is 0. The second-order valence-corrected chi connectivity index (χ2v) is 7.72. The largest absolute Gasteiger partial charge is 0.377 e. The van der Waals surface area contributed by atoms with E-state index in [2.05, 4.69) is 21.8 Å². The van der Waals surface area contributed by atoms with Crippen molar-refractivity contribution in [1.82, 2.24) is 9.97 Å². The zero-order valence-electron chi connectivity index (χ0n) is 13.2. The molecule has 2 heterocycles. The van der Waals surface area contributed by atoms with Crippen LogP contribution in [-0.4, -0.2) is 50.3 Å². The second kappa shape index (κ2) is 7.01. The average molecular weight is 360 g/mol. The highest BCUT2D eigenvalue weighted by Crippen LogP contribution is 2.42. The number of aromatic nitrogens is 2. The Morgan fingerprint density at radius 2 is 2.22 bits per heavy atom. The Labute approximate surface area is 143 Å². The lowest BCUT2D eigenvalue weighted by atomic mass is 9.84. The highest BCUT2D eigenvalue weighted by Gasteiger charge is 2.39. The molecule has 1 aromatic rings. The van der Waals surface area contributed by atoms with Gasteiger partial charge in [0.25, 0.3) is 0 Å². The summed E-state index contributed by atoms with van der Waals surface area (Å²) in [6.07, 6.45) is 3.82. The predicted octanol–water partition coefficient (Wildman–Crippen LogP) is 2.39. The highest BCUT2D eigenvalue weighted by atomic mass is 35.5. The minimum Gasteiger partial charge on any atom is -0.377 e. The van der Waals surface area contributed by atoms with Crippen molar-refractivity contribution in [3.05, 3.63) is 17.0 Å². The molecular weight excluding hydrogens is 338 g/mol. The van der Waals surface area contributed by atoms with Gasteiger partial charge in [-0.05, 0) is 31.4 Å². The molecule has 0 amide bonds. The summed E-state index contributed by atoms with van der Waals surface area (Å²) in [6, 6.07) is 2.17. The molecule has 1 aliphatic heterocycles. The van der Waals surface area contributed by atoms with Crippen LogP contribution in [0.2, 0.25) is 5.28 Å². The van der Waals surface area contributed by atoms with Gasteiger partial charge in [-0.1, -0.05) is 12.8 Å². The van der Waals surface area contributed by atoms with Crippen molar-refractivity contribution >= 4 is 28.5 Å². The monoisotopic (exact) mass is 359 g/mol. The molecule has 23 heavy (non-hydrogen) atoms. The predicted molar refractivity (Wildman–Crippen MR) is 90.5 cm³/mol. The van der Waals surface area contributed by atoms with E-state index in [0.717, 1.165) is 43.7 Å². The molecule has 1 aliphatic carbocycles. The molecule has 1 saturated heterocycles. The molecule has 0 bridgehead atoms. The molecule has 1 unspecified atom stereocenters. The molecule has 0 radical (unpaired) electrons. The van der Waals surface area contributed by atoms with Gasteiger partial charge < -0.3 is 14.2 Å². The van der Waals surface area contributed by atoms with Crippen LogP contribution >= 0.6 is 11.6 Å². The van der Waals surface area contributed by atoms with Crippen LogP contribution in [0.15, 0.2) is 6.07 Å². The molecule has 1 aromatic heterocycles. The van der Waals surface area contributed by atoms with Gasteiger partial charge >= 0.3 is 0 Å². The molecule has 1 N–H and O–H groups in total. The number of halogens is 1. The fraction of sp³-hybridized carbons (Fsp3) is 0.733. The van der Waals surface area contributed by atoms with E-state index in [1.165, 1.54) is 0 Å². The van der Waals surface area contributed by atoms with Gasteiger partial charge in [0.1, 0.15) is 5.82 Å². The van der Waals surface area contributed by atoms with Crippen molar-refractivity contribution in [2.45, 2.75) is 44.1 Å². The van der Waals surface area contributed by atoms with Crippen molar-refractivity contribution in [3.63, 3.8) is 0 Å². The number of morpholine rings is 1. The average Bonchev–Trinajstić information content (AvgIpc) is 2.96.